The predicted octanol–water partition coefficient (Wildman–Crippen LogP) is 2.65. The van der Waals surface area contributed by atoms with Gasteiger partial charge in [0.25, 0.3) is 0 Å². The van der Waals surface area contributed by atoms with Crippen molar-refractivity contribution < 1.29 is 8.42 Å². The van der Waals surface area contributed by atoms with E-state index < -0.39 is 10.0 Å². The Kier molecular flexibility index (Phi) is 5.33. The fourth-order valence-corrected chi connectivity index (χ4v) is 3.11. The first-order valence-corrected chi connectivity index (χ1v) is 8.60. The van der Waals surface area contributed by atoms with Crippen LogP contribution in [0, 0.1) is 6.92 Å². The number of hydrogen-bond donors (Lipinski definition) is 1. The zero-order chi connectivity index (χ0) is 15.3. The number of aromatic nitrogens is 1. The predicted molar refractivity (Wildman–Crippen MR) is 83.9 cm³/mol. The highest BCUT2D eigenvalue weighted by molar-refractivity contribution is 7.89. The summed E-state index contributed by atoms with van der Waals surface area (Å²) in [5.41, 5.74) is 2.57. The van der Waals surface area contributed by atoms with Gasteiger partial charge in [0.2, 0.25) is 10.0 Å². The second-order valence-corrected chi connectivity index (χ2v) is 6.82. The fourth-order valence-electron chi connectivity index (χ4n) is 1.89. The number of pyridine rings is 1. The number of halogens is 1. The molecule has 0 spiro atoms. The highest BCUT2D eigenvalue weighted by Gasteiger charge is 2.13. The molecule has 0 radical (unpaired) electrons. The van der Waals surface area contributed by atoms with E-state index in [-0.39, 0.29) is 11.4 Å². The van der Waals surface area contributed by atoms with Gasteiger partial charge in [-0.2, -0.15) is 0 Å². The molecular formula is C15H17ClN2O2S. The van der Waals surface area contributed by atoms with Crippen LogP contribution in [0.25, 0.3) is 0 Å². The Morgan fingerprint density at radius 1 is 1.14 bits per heavy atom. The third-order valence-corrected chi connectivity index (χ3v) is 4.61. The van der Waals surface area contributed by atoms with Crippen molar-refractivity contribution in [3.63, 3.8) is 0 Å². The first-order valence-electron chi connectivity index (χ1n) is 6.58. The van der Waals surface area contributed by atoms with Crippen molar-refractivity contribution in [2.75, 3.05) is 5.88 Å². The van der Waals surface area contributed by atoms with E-state index in [1.165, 1.54) is 0 Å². The molecule has 6 heteroatoms. The Labute approximate surface area is 130 Å². The van der Waals surface area contributed by atoms with Crippen LogP contribution in [0.5, 0.6) is 0 Å². The van der Waals surface area contributed by atoms with E-state index in [2.05, 4.69) is 9.71 Å². The van der Waals surface area contributed by atoms with E-state index in [1.54, 1.807) is 30.3 Å². The number of nitrogens with one attached hydrogen (secondary N) is 1. The van der Waals surface area contributed by atoms with Gasteiger partial charge in [-0.15, -0.1) is 11.6 Å². The molecule has 0 saturated carbocycles. The van der Waals surface area contributed by atoms with Crippen molar-refractivity contribution >= 4 is 21.6 Å². The van der Waals surface area contributed by atoms with Crippen LogP contribution in [0.4, 0.5) is 0 Å². The van der Waals surface area contributed by atoms with Gasteiger partial charge in [0.1, 0.15) is 0 Å². The molecular weight excluding hydrogens is 308 g/mol. The maximum Gasteiger partial charge on any atom is 0.240 e. The Hall–Kier alpha value is -1.43. The lowest BCUT2D eigenvalue weighted by Gasteiger charge is -2.07. The molecule has 1 heterocycles. The molecule has 112 valence electrons. The van der Waals surface area contributed by atoms with Crippen molar-refractivity contribution in [1.82, 2.24) is 9.71 Å². The normalized spacial score (nSPS) is 11.5. The molecule has 0 saturated heterocycles. The smallest absolute Gasteiger partial charge is 0.240 e. The van der Waals surface area contributed by atoms with Gasteiger partial charge in [0.15, 0.2) is 0 Å². The Balaban J connectivity index is 2.07. The van der Waals surface area contributed by atoms with Crippen molar-refractivity contribution in [2.24, 2.45) is 0 Å². The van der Waals surface area contributed by atoms with Crippen LogP contribution in [0.15, 0.2) is 47.4 Å². The summed E-state index contributed by atoms with van der Waals surface area (Å²) in [7, 11) is -3.53. The first-order chi connectivity index (χ1) is 10.0. The van der Waals surface area contributed by atoms with Crippen molar-refractivity contribution in [1.29, 1.82) is 0 Å². The van der Waals surface area contributed by atoms with Crippen LogP contribution in [0.2, 0.25) is 0 Å². The largest absolute Gasteiger partial charge is 0.257 e. The van der Waals surface area contributed by atoms with Crippen LogP contribution in [0.3, 0.4) is 0 Å². The summed E-state index contributed by atoms with van der Waals surface area (Å²) < 4.78 is 26.9. The maximum absolute atomic E-state index is 12.2. The standard InChI is InChI=1S/C15H17ClN2O2S/c1-12-3-2-4-14(18-12)11-17-21(19,20)15-7-5-13(6-8-15)9-10-16/h2-8,17H,9-11H2,1H3. The van der Waals surface area contributed by atoms with Gasteiger partial charge in [-0.05, 0) is 43.2 Å². The van der Waals surface area contributed by atoms with E-state index in [1.807, 2.05) is 19.1 Å². The molecule has 4 nitrogen and oxygen atoms in total. The quantitative estimate of drug-likeness (QED) is 0.831. The number of benzene rings is 1. The first kappa shape index (κ1) is 15.9. The van der Waals surface area contributed by atoms with Crippen LogP contribution in [0.1, 0.15) is 17.0 Å². The van der Waals surface area contributed by atoms with Crippen molar-refractivity contribution in [2.45, 2.75) is 24.8 Å². The third kappa shape index (κ3) is 4.52. The molecule has 0 aliphatic rings. The van der Waals surface area contributed by atoms with Crippen LogP contribution < -0.4 is 4.72 Å². The van der Waals surface area contributed by atoms with E-state index in [0.717, 1.165) is 17.7 Å². The van der Waals surface area contributed by atoms with Gasteiger partial charge in [-0.1, -0.05) is 18.2 Å². The lowest BCUT2D eigenvalue weighted by molar-refractivity contribution is 0.580. The summed E-state index contributed by atoms with van der Waals surface area (Å²) in [6.07, 6.45) is 0.725. The second kappa shape index (κ2) is 7.02. The number of rotatable bonds is 6. The van der Waals surface area contributed by atoms with Gasteiger partial charge in [-0.3, -0.25) is 4.98 Å². The monoisotopic (exact) mass is 324 g/mol. The molecule has 0 amide bonds. The lowest BCUT2D eigenvalue weighted by Crippen LogP contribution is -2.23. The van der Waals surface area contributed by atoms with E-state index >= 15 is 0 Å². The molecule has 1 aromatic heterocycles. The Bertz CT molecular complexity index is 700. The molecule has 0 aliphatic carbocycles. The average Bonchev–Trinajstić information content (AvgIpc) is 2.46. The molecule has 2 rings (SSSR count). The molecule has 21 heavy (non-hydrogen) atoms. The number of sulfonamides is 1. The molecule has 0 aliphatic heterocycles. The maximum atomic E-state index is 12.2. The van der Waals surface area contributed by atoms with Gasteiger partial charge >= 0.3 is 0 Å². The Morgan fingerprint density at radius 3 is 2.48 bits per heavy atom. The number of nitrogens with zero attached hydrogens (tertiary/aromatic N) is 1. The summed E-state index contributed by atoms with van der Waals surface area (Å²) in [4.78, 5) is 4.51. The number of alkyl halides is 1. The summed E-state index contributed by atoms with van der Waals surface area (Å²) >= 11 is 5.66. The highest BCUT2D eigenvalue weighted by atomic mass is 35.5. The summed E-state index contributed by atoms with van der Waals surface area (Å²) in [5, 5.41) is 0. The molecule has 2 aromatic rings. The Morgan fingerprint density at radius 2 is 1.86 bits per heavy atom. The van der Waals surface area contributed by atoms with Gasteiger partial charge in [-0.25, -0.2) is 13.1 Å². The molecule has 0 bridgehead atoms. The molecule has 0 unspecified atom stereocenters. The van der Waals surface area contributed by atoms with Gasteiger partial charge in [0.05, 0.1) is 17.1 Å². The van der Waals surface area contributed by atoms with Gasteiger partial charge < -0.3 is 0 Å². The minimum absolute atomic E-state index is 0.174. The van der Waals surface area contributed by atoms with Crippen molar-refractivity contribution in [3.05, 3.63) is 59.4 Å². The third-order valence-electron chi connectivity index (χ3n) is 3.01. The summed E-state index contributed by atoms with van der Waals surface area (Å²) in [6, 6.07) is 12.3. The number of hydrogen-bond acceptors (Lipinski definition) is 3. The zero-order valence-electron chi connectivity index (χ0n) is 11.7. The minimum atomic E-state index is -3.53. The van der Waals surface area contributed by atoms with Crippen LogP contribution >= 0.6 is 11.6 Å². The van der Waals surface area contributed by atoms with Crippen molar-refractivity contribution in [3.8, 4) is 0 Å². The lowest BCUT2D eigenvalue weighted by atomic mass is 10.2. The molecule has 1 N–H and O–H groups in total. The van der Waals surface area contributed by atoms with E-state index in [9.17, 15) is 8.42 Å². The average molecular weight is 325 g/mol. The van der Waals surface area contributed by atoms with Crippen LogP contribution in [-0.2, 0) is 23.0 Å². The van der Waals surface area contributed by atoms with E-state index in [0.29, 0.717) is 11.6 Å². The second-order valence-electron chi connectivity index (χ2n) is 4.68. The highest BCUT2D eigenvalue weighted by Crippen LogP contribution is 2.12. The zero-order valence-corrected chi connectivity index (χ0v) is 13.3. The summed E-state index contributed by atoms with van der Waals surface area (Å²) in [5.74, 6) is 0.517. The summed E-state index contributed by atoms with van der Waals surface area (Å²) in [6.45, 7) is 2.04. The van der Waals surface area contributed by atoms with E-state index in [4.69, 9.17) is 11.6 Å². The molecule has 1 aromatic carbocycles. The van der Waals surface area contributed by atoms with Gasteiger partial charge in [0, 0.05) is 11.6 Å². The molecule has 0 atom stereocenters. The van der Waals surface area contributed by atoms with Crippen LogP contribution in [-0.4, -0.2) is 19.3 Å². The number of aryl methyl sites for hydroxylation is 2. The molecule has 0 fully saturated rings. The topological polar surface area (TPSA) is 59.1 Å². The SMILES string of the molecule is Cc1cccc(CNS(=O)(=O)c2ccc(CCCl)cc2)n1. The fraction of sp³-hybridized carbons (Fsp3) is 0.267. The minimum Gasteiger partial charge on any atom is -0.257 e.